The molecule has 2 atom stereocenters. The summed E-state index contributed by atoms with van der Waals surface area (Å²) >= 11 is 7.43. The van der Waals surface area contributed by atoms with Gasteiger partial charge in [-0.3, -0.25) is 0 Å². The first-order valence-corrected chi connectivity index (χ1v) is 8.95. The largest absolute Gasteiger partial charge is 0.378 e. The van der Waals surface area contributed by atoms with E-state index in [0.29, 0.717) is 11.3 Å². The Kier molecular flexibility index (Phi) is 3.92. The van der Waals surface area contributed by atoms with Gasteiger partial charge in [0, 0.05) is 15.4 Å². The number of hydrogen-bond acceptors (Lipinski definition) is 3. The van der Waals surface area contributed by atoms with Crippen molar-refractivity contribution in [1.82, 2.24) is 0 Å². The average molecular weight is 354 g/mol. The highest BCUT2D eigenvalue weighted by Crippen LogP contribution is 2.45. The molecule has 0 saturated heterocycles. The zero-order chi connectivity index (χ0) is 13.4. The molecule has 0 aliphatic carbocycles. The Labute approximate surface area is 130 Å². The van der Waals surface area contributed by atoms with Gasteiger partial charge in [0.1, 0.15) is 0 Å². The van der Waals surface area contributed by atoms with Crippen molar-refractivity contribution in [2.24, 2.45) is 0 Å². The molecular weight excluding hydrogens is 338 g/mol. The average Bonchev–Trinajstić information content (AvgIpc) is 2.82. The van der Waals surface area contributed by atoms with Gasteiger partial charge in [0.05, 0.1) is 10.3 Å². The first kappa shape index (κ1) is 13.5. The van der Waals surface area contributed by atoms with Crippen molar-refractivity contribution in [2.75, 3.05) is 5.32 Å². The van der Waals surface area contributed by atoms with Crippen molar-refractivity contribution < 1.29 is 0 Å². The van der Waals surface area contributed by atoms with Crippen LogP contribution in [0.3, 0.4) is 0 Å². The molecule has 0 saturated carbocycles. The molecule has 0 fully saturated rings. The molecule has 1 unspecified atom stereocenters. The predicted octanol–water partition coefficient (Wildman–Crippen LogP) is 5.86. The Morgan fingerprint density at radius 2 is 2.16 bits per heavy atom. The fourth-order valence-corrected chi connectivity index (χ4v) is 5.35. The Bertz CT molecular complexity index is 594. The minimum atomic E-state index is 0.436. The van der Waals surface area contributed by atoms with Crippen LogP contribution in [0.15, 0.2) is 38.3 Å². The molecule has 3 rings (SSSR count). The van der Waals surface area contributed by atoms with Crippen LogP contribution in [0.1, 0.15) is 30.5 Å². The van der Waals surface area contributed by atoms with E-state index >= 15 is 0 Å². The molecule has 0 amide bonds. The summed E-state index contributed by atoms with van der Waals surface area (Å²) in [4.78, 5) is 0. The molecule has 1 nitrogen and oxygen atoms in total. The number of anilines is 1. The number of aryl methyl sites for hydroxylation is 1. The van der Waals surface area contributed by atoms with Crippen LogP contribution in [-0.4, -0.2) is 5.25 Å². The lowest BCUT2D eigenvalue weighted by atomic mass is 10.0. The summed E-state index contributed by atoms with van der Waals surface area (Å²) in [5.41, 5.74) is 3.99. The lowest BCUT2D eigenvalue weighted by Gasteiger charge is -2.29. The summed E-state index contributed by atoms with van der Waals surface area (Å²) in [5.74, 6) is 0. The van der Waals surface area contributed by atoms with Gasteiger partial charge in [-0.25, -0.2) is 0 Å². The monoisotopic (exact) mass is 353 g/mol. The Hall–Kier alpha value is -0.450. The maximum atomic E-state index is 3.73. The quantitative estimate of drug-likeness (QED) is 0.725. The second-order valence-corrected chi connectivity index (χ2v) is 8.52. The van der Waals surface area contributed by atoms with Gasteiger partial charge in [0.25, 0.3) is 0 Å². The van der Waals surface area contributed by atoms with Gasteiger partial charge in [-0.2, -0.15) is 0 Å². The number of halogens is 1. The topological polar surface area (TPSA) is 12.0 Å². The fraction of sp³-hybridized carbons (Fsp3) is 0.333. The van der Waals surface area contributed by atoms with E-state index in [2.05, 4.69) is 64.7 Å². The molecule has 1 aliphatic heterocycles. The van der Waals surface area contributed by atoms with E-state index in [1.54, 1.807) is 0 Å². The van der Waals surface area contributed by atoms with Crippen LogP contribution in [0, 0.1) is 6.92 Å². The van der Waals surface area contributed by atoms with E-state index in [4.69, 9.17) is 0 Å². The number of benzene rings is 1. The summed E-state index contributed by atoms with van der Waals surface area (Å²) in [7, 11) is 0. The molecule has 1 aromatic carbocycles. The van der Waals surface area contributed by atoms with Crippen molar-refractivity contribution in [1.29, 1.82) is 0 Å². The van der Waals surface area contributed by atoms with Crippen LogP contribution in [0.2, 0.25) is 0 Å². The van der Waals surface area contributed by atoms with Crippen LogP contribution in [0.5, 0.6) is 0 Å². The van der Waals surface area contributed by atoms with Crippen molar-refractivity contribution in [2.45, 2.75) is 35.8 Å². The standard InChI is InChI=1S/C15H16BrNS2/c1-9-3-4-11(16)8-13(9)17-14-7-10(2)19-15-12(14)5-6-18-15/h3-6,8,10,14,17H,7H2,1-2H3/t10-,14?/m0/s1. The number of fused-ring (bicyclic) bond motifs is 1. The van der Waals surface area contributed by atoms with Crippen molar-refractivity contribution in [3.8, 4) is 0 Å². The van der Waals surface area contributed by atoms with Gasteiger partial charge in [0.15, 0.2) is 0 Å². The number of thiophene rings is 1. The van der Waals surface area contributed by atoms with Crippen molar-refractivity contribution >= 4 is 44.7 Å². The zero-order valence-electron chi connectivity index (χ0n) is 10.9. The highest BCUT2D eigenvalue weighted by atomic mass is 79.9. The van der Waals surface area contributed by atoms with Crippen LogP contribution in [0.25, 0.3) is 0 Å². The van der Waals surface area contributed by atoms with E-state index < -0.39 is 0 Å². The second kappa shape index (κ2) is 5.51. The molecule has 0 radical (unpaired) electrons. The lowest BCUT2D eigenvalue weighted by molar-refractivity contribution is 0.669. The molecular formula is C15H16BrNS2. The third-order valence-electron chi connectivity index (χ3n) is 3.44. The Balaban J connectivity index is 1.90. The van der Waals surface area contributed by atoms with Crippen LogP contribution in [0.4, 0.5) is 5.69 Å². The maximum absolute atomic E-state index is 3.73. The van der Waals surface area contributed by atoms with Gasteiger partial charge in [0.2, 0.25) is 0 Å². The first-order chi connectivity index (χ1) is 9.13. The maximum Gasteiger partial charge on any atom is 0.0653 e. The summed E-state index contributed by atoms with van der Waals surface area (Å²) in [6, 6.07) is 9.13. The van der Waals surface area contributed by atoms with Gasteiger partial charge in [-0.05, 0) is 48.1 Å². The fourth-order valence-electron chi connectivity index (χ4n) is 2.42. The van der Waals surface area contributed by atoms with Crippen LogP contribution < -0.4 is 5.32 Å². The van der Waals surface area contributed by atoms with E-state index in [1.807, 2.05) is 23.1 Å². The van der Waals surface area contributed by atoms with E-state index in [0.717, 1.165) is 4.47 Å². The van der Waals surface area contributed by atoms with Gasteiger partial charge < -0.3 is 5.32 Å². The molecule has 0 spiro atoms. The van der Waals surface area contributed by atoms with Gasteiger partial charge >= 0.3 is 0 Å². The van der Waals surface area contributed by atoms with Crippen LogP contribution in [-0.2, 0) is 0 Å². The second-order valence-electron chi connectivity index (χ2n) is 4.98. The number of thioether (sulfide) groups is 1. The van der Waals surface area contributed by atoms with Crippen molar-refractivity contribution in [3.63, 3.8) is 0 Å². The van der Waals surface area contributed by atoms with Gasteiger partial charge in [-0.1, -0.05) is 28.9 Å². The number of hydrogen-bond donors (Lipinski definition) is 1. The molecule has 4 heteroatoms. The molecule has 2 heterocycles. The van der Waals surface area contributed by atoms with E-state index in [9.17, 15) is 0 Å². The van der Waals surface area contributed by atoms with Crippen molar-refractivity contribution in [3.05, 3.63) is 45.2 Å². The van der Waals surface area contributed by atoms with Gasteiger partial charge in [-0.15, -0.1) is 23.1 Å². The first-order valence-electron chi connectivity index (χ1n) is 6.40. The Morgan fingerprint density at radius 1 is 1.32 bits per heavy atom. The Morgan fingerprint density at radius 3 is 3.00 bits per heavy atom. The number of nitrogens with one attached hydrogen (secondary N) is 1. The molecule has 19 heavy (non-hydrogen) atoms. The highest BCUT2D eigenvalue weighted by Gasteiger charge is 2.26. The summed E-state index contributed by atoms with van der Waals surface area (Å²) in [6.07, 6.45) is 1.18. The number of rotatable bonds is 2. The summed E-state index contributed by atoms with van der Waals surface area (Å²) in [5, 5.41) is 6.61. The molecule has 2 aromatic rings. The minimum Gasteiger partial charge on any atom is -0.378 e. The normalized spacial score (nSPS) is 22.1. The SMILES string of the molecule is Cc1ccc(Br)cc1NC1C[C@H](C)Sc2sccc21. The highest BCUT2D eigenvalue weighted by molar-refractivity contribution is 9.10. The predicted molar refractivity (Wildman–Crippen MR) is 89.5 cm³/mol. The lowest BCUT2D eigenvalue weighted by Crippen LogP contribution is -2.19. The molecule has 0 bridgehead atoms. The third-order valence-corrected chi connectivity index (χ3v) is 6.28. The van der Waals surface area contributed by atoms with E-state index in [1.165, 1.54) is 27.4 Å². The van der Waals surface area contributed by atoms with Crippen LogP contribution >= 0.6 is 39.0 Å². The summed E-state index contributed by atoms with van der Waals surface area (Å²) < 4.78 is 2.60. The molecule has 1 aliphatic rings. The smallest absolute Gasteiger partial charge is 0.0653 e. The molecule has 100 valence electrons. The zero-order valence-corrected chi connectivity index (χ0v) is 14.2. The third kappa shape index (κ3) is 2.86. The van der Waals surface area contributed by atoms with E-state index in [-0.39, 0.29) is 0 Å². The summed E-state index contributed by atoms with van der Waals surface area (Å²) in [6.45, 7) is 4.47. The minimum absolute atomic E-state index is 0.436. The molecule has 1 N–H and O–H groups in total. The molecule has 1 aromatic heterocycles.